The Labute approximate surface area is 185 Å². The van der Waals surface area contributed by atoms with Crippen molar-refractivity contribution in [1.82, 2.24) is 9.88 Å². The molecule has 1 aromatic carbocycles. The molecule has 1 aromatic heterocycles. The number of hydrogen-bond donors (Lipinski definition) is 2. The SMILES string of the molecule is Cc1ccccc1[C@H]1c2sc(=O)[nH]c2S[C@@H]2[C@@H]3C[C@@H]([C@H]4C(=O)N(CC(=O)O)C(=O)[C@H]34)[C@@H]12. The summed E-state index contributed by atoms with van der Waals surface area (Å²) in [5.41, 5.74) is 2.31. The number of likely N-dealkylation sites (tertiary alicyclic amines) is 1. The number of carbonyl (C=O) groups is 3. The topological polar surface area (TPSA) is 108 Å². The van der Waals surface area contributed by atoms with Crippen LogP contribution >= 0.6 is 23.1 Å². The number of aliphatic carboxylic acids is 1. The Morgan fingerprint density at radius 1 is 1.16 bits per heavy atom. The Morgan fingerprint density at radius 3 is 2.58 bits per heavy atom. The first-order valence-electron chi connectivity index (χ1n) is 10.4. The van der Waals surface area contributed by atoms with Crippen LogP contribution in [0.4, 0.5) is 0 Å². The second-order valence-electron chi connectivity index (χ2n) is 8.97. The Morgan fingerprint density at radius 2 is 1.87 bits per heavy atom. The molecule has 4 aliphatic rings. The van der Waals surface area contributed by atoms with Crippen LogP contribution in [0.5, 0.6) is 0 Å². The van der Waals surface area contributed by atoms with E-state index in [0.29, 0.717) is 0 Å². The highest BCUT2D eigenvalue weighted by Gasteiger charge is 2.69. The monoisotopic (exact) mass is 456 g/mol. The first-order chi connectivity index (χ1) is 14.9. The number of nitrogens with one attached hydrogen (secondary N) is 1. The Balaban J connectivity index is 1.47. The number of aromatic amines is 1. The van der Waals surface area contributed by atoms with E-state index in [4.69, 9.17) is 0 Å². The molecule has 7 atom stereocenters. The van der Waals surface area contributed by atoms with Gasteiger partial charge in [0.2, 0.25) is 11.8 Å². The van der Waals surface area contributed by atoms with Crippen LogP contribution in [-0.4, -0.2) is 44.6 Å². The molecule has 0 radical (unpaired) electrons. The lowest BCUT2D eigenvalue weighted by atomic mass is 9.67. The zero-order valence-corrected chi connectivity index (χ0v) is 18.2. The number of carbonyl (C=O) groups excluding carboxylic acids is 2. The van der Waals surface area contributed by atoms with Gasteiger partial charge in [-0.05, 0) is 42.2 Å². The third-order valence-corrected chi connectivity index (χ3v) is 10.2. The molecule has 2 bridgehead atoms. The lowest BCUT2D eigenvalue weighted by Crippen LogP contribution is -2.42. The number of rotatable bonds is 3. The van der Waals surface area contributed by atoms with Crippen molar-refractivity contribution < 1.29 is 19.5 Å². The van der Waals surface area contributed by atoms with Gasteiger partial charge in [0.25, 0.3) is 0 Å². The minimum Gasteiger partial charge on any atom is -0.480 e. The van der Waals surface area contributed by atoms with Gasteiger partial charge in [0.15, 0.2) is 0 Å². The molecule has 2 saturated carbocycles. The highest BCUT2D eigenvalue weighted by molar-refractivity contribution is 8.00. The van der Waals surface area contributed by atoms with E-state index in [1.807, 2.05) is 12.1 Å². The summed E-state index contributed by atoms with van der Waals surface area (Å²) < 4.78 is 0. The molecule has 160 valence electrons. The third kappa shape index (κ3) is 2.53. The van der Waals surface area contributed by atoms with E-state index in [1.54, 1.807) is 11.8 Å². The Hall–Kier alpha value is -2.39. The predicted octanol–water partition coefficient (Wildman–Crippen LogP) is 2.30. The van der Waals surface area contributed by atoms with Gasteiger partial charge in [-0.25, -0.2) is 0 Å². The second kappa shape index (κ2) is 6.56. The lowest BCUT2D eigenvalue weighted by molar-refractivity contribution is -0.149. The average Bonchev–Trinajstić information content (AvgIpc) is 3.44. The zero-order chi connectivity index (χ0) is 21.6. The van der Waals surface area contributed by atoms with Crippen LogP contribution in [0.25, 0.3) is 0 Å². The van der Waals surface area contributed by atoms with Crippen molar-refractivity contribution in [2.45, 2.75) is 29.5 Å². The van der Waals surface area contributed by atoms with E-state index in [9.17, 15) is 24.3 Å². The fraction of sp³-hybridized carbons (Fsp3) is 0.455. The molecule has 0 unspecified atom stereocenters. The summed E-state index contributed by atoms with van der Waals surface area (Å²) in [5, 5.41) is 10.2. The summed E-state index contributed by atoms with van der Waals surface area (Å²) in [4.78, 5) is 54.5. The van der Waals surface area contributed by atoms with E-state index in [-0.39, 0.29) is 45.6 Å². The molecule has 9 heteroatoms. The summed E-state index contributed by atoms with van der Waals surface area (Å²) in [7, 11) is 0. The van der Waals surface area contributed by atoms with Crippen molar-refractivity contribution in [3.05, 3.63) is 49.9 Å². The molecule has 2 N–H and O–H groups in total. The number of hydrogen-bond acceptors (Lipinski definition) is 6. The predicted molar refractivity (Wildman–Crippen MR) is 114 cm³/mol. The number of H-pyrrole nitrogens is 1. The van der Waals surface area contributed by atoms with Gasteiger partial charge >= 0.3 is 10.8 Å². The molecule has 2 aromatic rings. The zero-order valence-electron chi connectivity index (χ0n) is 16.6. The van der Waals surface area contributed by atoms with Crippen molar-refractivity contribution in [2.75, 3.05) is 6.54 Å². The van der Waals surface area contributed by atoms with Crippen molar-refractivity contribution in [3.63, 3.8) is 0 Å². The molecule has 2 aliphatic heterocycles. The van der Waals surface area contributed by atoms with E-state index in [1.165, 1.54) is 11.3 Å². The fourth-order valence-electron chi connectivity index (χ4n) is 6.65. The highest BCUT2D eigenvalue weighted by Crippen LogP contribution is 2.68. The number of fused-ring (bicyclic) bond motifs is 9. The van der Waals surface area contributed by atoms with Crippen LogP contribution in [0, 0.1) is 36.5 Å². The summed E-state index contributed by atoms with van der Waals surface area (Å²) in [6, 6.07) is 8.16. The minimum atomic E-state index is -1.17. The summed E-state index contributed by atoms with van der Waals surface area (Å²) in [6.07, 6.45) is 0.803. The van der Waals surface area contributed by atoms with Gasteiger partial charge in [-0.3, -0.25) is 24.1 Å². The number of carboxylic acids is 1. The first kappa shape index (κ1) is 19.3. The highest BCUT2D eigenvalue weighted by atomic mass is 32.2. The number of carboxylic acid groups (broad SMARTS) is 1. The van der Waals surface area contributed by atoms with E-state index in [0.717, 1.165) is 32.4 Å². The normalized spacial score (nSPS) is 35.3. The maximum atomic E-state index is 13.1. The summed E-state index contributed by atoms with van der Waals surface area (Å²) in [6.45, 7) is 1.50. The van der Waals surface area contributed by atoms with Gasteiger partial charge in [-0.1, -0.05) is 35.6 Å². The van der Waals surface area contributed by atoms with Crippen LogP contribution in [0.15, 0.2) is 34.1 Å². The molecule has 3 fully saturated rings. The van der Waals surface area contributed by atoms with Gasteiger partial charge in [-0.15, -0.1) is 11.8 Å². The molecule has 1 saturated heterocycles. The third-order valence-electron chi connectivity index (χ3n) is 7.63. The smallest absolute Gasteiger partial charge is 0.323 e. The Bertz CT molecular complexity index is 1200. The van der Waals surface area contributed by atoms with Gasteiger partial charge in [0, 0.05) is 16.0 Å². The molecule has 2 amide bonds. The van der Waals surface area contributed by atoms with E-state index < -0.39 is 24.3 Å². The van der Waals surface area contributed by atoms with Crippen LogP contribution in [-0.2, 0) is 14.4 Å². The molecule has 7 nitrogen and oxygen atoms in total. The van der Waals surface area contributed by atoms with Crippen LogP contribution in [0.2, 0.25) is 0 Å². The number of thiazole rings is 1. The van der Waals surface area contributed by atoms with E-state index in [2.05, 4.69) is 24.0 Å². The lowest BCUT2D eigenvalue weighted by Gasteiger charge is -2.43. The maximum absolute atomic E-state index is 13.1. The molecule has 31 heavy (non-hydrogen) atoms. The maximum Gasteiger partial charge on any atom is 0.323 e. The minimum absolute atomic E-state index is 0.00113. The van der Waals surface area contributed by atoms with Gasteiger partial charge < -0.3 is 10.1 Å². The van der Waals surface area contributed by atoms with Crippen molar-refractivity contribution in [1.29, 1.82) is 0 Å². The second-order valence-corrected chi connectivity index (χ2v) is 11.2. The number of aryl methyl sites for hydroxylation is 1. The number of aromatic nitrogens is 1. The largest absolute Gasteiger partial charge is 0.480 e. The number of benzene rings is 1. The molecule has 2 aliphatic carbocycles. The quantitative estimate of drug-likeness (QED) is 0.687. The molecular weight excluding hydrogens is 436 g/mol. The van der Waals surface area contributed by atoms with Crippen molar-refractivity contribution in [3.8, 4) is 0 Å². The van der Waals surface area contributed by atoms with Gasteiger partial charge in [-0.2, -0.15) is 0 Å². The number of imide groups is 1. The standard InChI is InChI=1S/C22H20N2O5S2/c1-8-4-2-3-5-9(8)13-14-10-6-11(17(14)30-19-18(13)31-22(29)23-19)16-15(10)20(27)24(21(16)28)7-12(25)26/h2-5,10-11,13-17H,6-7H2,1H3,(H,23,29)(H,25,26)/t10-,11-,13-,14+,15-,16-,17-/m1/s1. The number of thioether (sulfide) groups is 1. The summed E-state index contributed by atoms with van der Waals surface area (Å²) >= 11 is 2.88. The van der Waals surface area contributed by atoms with Crippen LogP contribution in [0.1, 0.15) is 28.3 Å². The molecular formula is C22H20N2O5S2. The molecule has 3 heterocycles. The number of nitrogens with zero attached hydrogens (tertiary/aromatic N) is 1. The molecule has 6 rings (SSSR count). The van der Waals surface area contributed by atoms with Crippen molar-refractivity contribution in [2.24, 2.45) is 29.6 Å². The first-order valence-corrected chi connectivity index (χ1v) is 12.1. The van der Waals surface area contributed by atoms with Crippen LogP contribution < -0.4 is 4.87 Å². The average molecular weight is 457 g/mol. The van der Waals surface area contributed by atoms with Crippen molar-refractivity contribution >= 4 is 40.9 Å². The van der Waals surface area contributed by atoms with Gasteiger partial charge in [0.1, 0.15) is 6.54 Å². The fourth-order valence-corrected chi connectivity index (χ4v) is 9.53. The summed E-state index contributed by atoms with van der Waals surface area (Å²) in [5.74, 6) is -2.54. The van der Waals surface area contributed by atoms with Gasteiger partial charge in [0.05, 0.1) is 16.9 Å². The van der Waals surface area contributed by atoms with E-state index >= 15 is 0 Å². The van der Waals surface area contributed by atoms with Crippen LogP contribution in [0.3, 0.4) is 0 Å². The number of amides is 2. The molecule has 0 spiro atoms. The Kier molecular flexibility index (Phi) is 4.08.